The lowest BCUT2D eigenvalue weighted by molar-refractivity contribution is -0.141. The van der Waals surface area contributed by atoms with E-state index in [1.165, 1.54) is 11.8 Å². The average molecular weight is 290 g/mol. The highest BCUT2D eigenvalue weighted by Gasteiger charge is 2.24. The molecule has 0 radical (unpaired) electrons. The molecule has 7 heteroatoms. The molecule has 0 aromatic heterocycles. The molecule has 1 unspecified atom stereocenters. The highest BCUT2D eigenvalue weighted by molar-refractivity contribution is 7.98. The lowest BCUT2D eigenvalue weighted by Crippen LogP contribution is -2.45. The number of Topliss-reactive ketones (excluding diaryl/α,β-unsaturated/α-hetero) is 1. The Morgan fingerprint density at radius 2 is 1.84 bits per heavy atom. The van der Waals surface area contributed by atoms with E-state index in [4.69, 9.17) is 5.11 Å². The van der Waals surface area contributed by atoms with E-state index >= 15 is 0 Å². The van der Waals surface area contributed by atoms with Crippen molar-refractivity contribution in [3.63, 3.8) is 0 Å². The molecule has 0 fully saturated rings. The van der Waals surface area contributed by atoms with Crippen molar-refractivity contribution in [1.29, 1.82) is 0 Å². The fourth-order valence-corrected chi connectivity index (χ4v) is 1.95. The van der Waals surface area contributed by atoms with Crippen molar-refractivity contribution in [2.75, 3.05) is 19.1 Å². The van der Waals surface area contributed by atoms with Gasteiger partial charge in [0, 0.05) is 18.1 Å². The molecule has 0 spiro atoms. The Hall–Kier alpha value is -1.08. The molecular weight excluding hydrogens is 268 g/mol. The maximum Gasteiger partial charge on any atom is 0.327 e. The van der Waals surface area contributed by atoms with Crippen LogP contribution in [0.25, 0.3) is 0 Å². The van der Waals surface area contributed by atoms with Gasteiger partial charge < -0.3 is 15.7 Å². The van der Waals surface area contributed by atoms with Crippen LogP contribution in [0, 0.1) is 5.92 Å². The molecule has 0 aliphatic carbocycles. The number of ketones is 1. The highest BCUT2D eigenvalue weighted by Crippen LogP contribution is 2.07. The molecule has 0 saturated carbocycles. The van der Waals surface area contributed by atoms with Crippen molar-refractivity contribution >= 4 is 29.4 Å². The number of carboxylic acid groups (broad SMARTS) is 1. The van der Waals surface area contributed by atoms with Gasteiger partial charge in [-0.05, 0) is 20.2 Å². The Morgan fingerprint density at radius 1 is 1.26 bits per heavy atom. The van der Waals surface area contributed by atoms with Gasteiger partial charge in [0.25, 0.3) is 0 Å². The van der Waals surface area contributed by atoms with Crippen LogP contribution in [-0.4, -0.2) is 53.9 Å². The van der Waals surface area contributed by atoms with Crippen molar-refractivity contribution in [2.24, 2.45) is 5.92 Å². The Balaban J connectivity index is 4.40. The van der Waals surface area contributed by atoms with Crippen molar-refractivity contribution in [3.8, 4) is 0 Å². The Labute approximate surface area is 117 Å². The topological polar surface area (TPSA) is 95.5 Å². The van der Waals surface area contributed by atoms with Gasteiger partial charge in [-0.3, -0.25) is 9.59 Å². The second kappa shape index (κ2) is 8.92. The van der Waals surface area contributed by atoms with E-state index < -0.39 is 23.8 Å². The van der Waals surface area contributed by atoms with Crippen LogP contribution in [0.5, 0.6) is 0 Å². The van der Waals surface area contributed by atoms with Crippen molar-refractivity contribution in [3.05, 3.63) is 0 Å². The van der Waals surface area contributed by atoms with Crippen LogP contribution in [0.15, 0.2) is 0 Å². The summed E-state index contributed by atoms with van der Waals surface area (Å²) in [5.41, 5.74) is 0. The molecule has 19 heavy (non-hydrogen) atoms. The van der Waals surface area contributed by atoms with E-state index in [2.05, 4.69) is 10.6 Å². The summed E-state index contributed by atoms with van der Waals surface area (Å²) in [6, 6.07) is -1.22. The SMILES string of the molecule is CN[C@H](C)C(=O)CC(C)C(=O)N[C@H](CSC)C(=O)O. The predicted octanol–water partition coefficient (Wildman–Crippen LogP) is 0.122. The number of amides is 1. The summed E-state index contributed by atoms with van der Waals surface area (Å²) in [6.07, 6.45) is 1.86. The van der Waals surface area contributed by atoms with Crippen LogP contribution in [-0.2, 0) is 14.4 Å². The molecule has 110 valence electrons. The van der Waals surface area contributed by atoms with E-state index in [9.17, 15) is 14.4 Å². The van der Waals surface area contributed by atoms with Crippen molar-refractivity contribution < 1.29 is 19.5 Å². The van der Waals surface area contributed by atoms with E-state index in [1.807, 2.05) is 0 Å². The Morgan fingerprint density at radius 3 is 2.26 bits per heavy atom. The Kier molecular flexibility index (Phi) is 8.42. The number of hydrogen-bond donors (Lipinski definition) is 3. The van der Waals surface area contributed by atoms with Gasteiger partial charge >= 0.3 is 5.97 Å². The number of nitrogens with one attached hydrogen (secondary N) is 2. The number of hydrogen-bond acceptors (Lipinski definition) is 5. The molecule has 1 amide bonds. The minimum atomic E-state index is -1.06. The average Bonchev–Trinajstić information content (AvgIpc) is 2.36. The van der Waals surface area contributed by atoms with Crippen LogP contribution >= 0.6 is 11.8 Å². The second-order valence-corrected chi connectivity index (χ2v) is 5.35. The number of carbonyl (C=O) groups excluding carboxylic acids is 2. The third kappa shape index (κ3) is 6.58. The molecular formula is C12H22N2O4S. The van der Waals surface area contributed by atoms with Crippen LogP contribution in [0.2, 0.25) is 0 Å². The molecule has 0 heterocycles. The zero-order valence-corrected chi connectivity index (χ0v) is 12.5. The number of rotatable bonds is 9. The first kappa shape index (κ1) is 17.9. The fourth-order valence-electron chi connectivity index (χ4n) is 1.39. The maximum absolute atomic E-state index is 11.8. The maximum atomic E-state index is 11.8. The Bertz CT molecular complexity index is 336. The third-order valence-corrected chi connectivity index (χ3v) is 3.49. The molecule has 0 bridgehead atoms. The molecule has 0 rings (SSSR count). The number of carboxylic acids is 1. The van der Waals surface area contributed by atoms with Crippen molar-refractivity contribution in [1.82, 2.24) is 10.6 Å². The molecule has 0 aromatic carbocycles. The van der Waals surface area contributed by atoms with Gasteiger partial charge in [-0.1, -0.05) is 6.92 Å². The number of thioether (sulfide) groups is 1. The summed E-state index contributed by atoms with van der Waals surface area (Å²) in [5, 5.41) is 14.2. The molecule has 3 N–H and O–H groups in total. The predicted molar refractivity (Wildman–Crippen MR) is 75.3 cm³/mol. The molecule has 0 saturated heterocycles. The fraction of sp³-hybridized carbons (Fsp3) is 0.750. The summed E-state index contributed by atoms with van der Waals surface area (Å²) in [5.74, 6) is -1.77. The van der Waals surface area contributed by atoms with Crippen LogP contribution in [0.1, 0.15) is 20.3 Å². The molecule has 0 aliphatic rings. The minimum Gasteiger partial charge on any atom is -0.480 e. The molecule has 3 atom stereocenters. The smallest absolute Gasteiger partial charge is 0.327 e. The quantitative estimate of drug-likeness (QED) is 0.558. The largest absolute Gasteiger partial charge is 0.480 e. The lowest BCUT2D eigenvalue weighted by atomic mass is 10.00. The van der Waals surface area contributed by atoms with Gasteiger partial charge in [0.15, 0.2) is 0 Å². The minimum absolute atomic E-state index is 0.0677. The zero-order valence-electron chi connectivity index (χ0n) is 11.7. The number of aliphatic carboxylic acids is 1. The summed E-state index contributed by atoms with van der Waals surface area (Å²) < 4.78 is 0. The molecule has 0 aliphatic heterocycles. The first-order valence-corrected chi connectivity index (χ1v) is 7.44. The van der Waals surface area contributed by atoms with E-state index in [-0.39, 0.29) is 18.2 Å². The summed E-state index contributed by atoms with van der Waals surface area (Å²) in [7, 11) is 1.67. The normalized spacial score (nSPS) is 15.4. The first-order chi connectivity index (χ1) is 8.83. The van der Waals surface area contributed by atoms with Crippen LogP contribution < -0.4 is 10.6 Å². The first-order valence-electron chi connectivity index (χ1n) is 6.05. The van der Waals surface area contributed by atoms with Crippen molar-refractivity contribution in [2.45, 2.75) is 32.4 Å². The van der Waals surface area contributed by atoms with Gasteiger partial charge in [0.05, 0.1) is 6.04 Å². The lowest BCUT2D eigenvalue weighted by Gasteiger charge is -2.18. The third-order valence-electron chi connectivity index (χ3n) is 2.82. The van der Waals surface area contributed by atoms with E-state index in [0.717, 1.165) is 0 Å². The number of likely N-dealkylation sites (N-methyl/N-ethyl adjacent to an activating group) is 1. The van der Waals surface area contributed by atoms with Crippen LogP contribution in [0.3, 0.4) is 0 Å². The number of carbonyl (C=O) groups is 3. The van der Waals surface area contributed by atoms with E-state index in [1.54, 1.807) is 27.2 Å². The van der Waals surface area contributed by atoms with Crippen LogP contribution in [0.4, 0.5) is 0 Å². The monoisotopic (exact) mass is 290 g/mol. The van der Waals surface area contributed by atoms with Gasteiger partial charge in [-0.25, -0.2) is 4.79 Å². The van der Waals surface area contributed by atoms with Gasteiger partial charge in [0.2, 0.25) is 5.91 Å². The van der Waals surface area contributed by atoms with Gasteiger partial charge in [-0.15, -0.1) is 0 Å². The molecule has 0 aromatic rings. The zero-order chi connectivity index (χ0) is 15.0. The van der Waals surface area contributed by atoms with E-state index in [0.29, 0.717) is 5.75 Å². The summed E-state index contributed by atoms with van der Waals surface area (Å²) in [6.45, 7) is 3.34. The van der Waals surface area contributed by atoms with Gasteiger partial charge in [-0.2, -0.15) is 11.8 Å². The second-order valence-electron chi connectivity index (χ2n) is 4.44. The molecule has 6 nitrogen and oxygen atoms in total. The van der Waals surface area contributed by atoms with Gasteiger partial charge in [0.1, 0.15) is 11.8 Å². The summed E-state index contributed by atoms with van der Waals surface area (Å²) in [4.78, 5) is 34.4. The standard InChI is InChI=1S/C12H22N2O4S/c1-7(5-10(15)8(2)13-3)11(16)14-9(6-19-4)12(17)18/h7-9,13H,5-6H2,1-4H3,(H,14,16)(H,17,18)/t7?,8-,9-/m1/s1. The highest BCUT2D eigenvalue weighted by atomic mass is 32.2. The summed E-state index contributed by atoms with van der Waals surface area (Å²) >= 11 is 1.34.